The van der Waals surface area contributed by atoms with Gasteiger partial charge in [-0.2, -0.15) is 5.10 Å². The molecule has 7 heteroatoms. The van der Waals surface area contributed by atoms with Crippen molar-refractivity contribution in [2.45, 2.75) is 6.92 Å². The van der Waals surface area contributed by atoms with E-state index in [4.69, 9.17) is 21.4 Å². The Hall–Kier alpha value is -2.41. The van der Waals surface area contributed by atoms with Gasteiger partial charge >= 0.3 is 0 Å². The van der Waals surface area contributed by atoms with Gasteiger partial charge in [0.2, 0.25) is 5.89 Å². The lowest BCUT2D eigenvalue weighted by Crippen LogP contribution is -2.01. The van der Waals surface area contributed by atoms with Crippen molar-refractivity contribution < 1.29 is 9.15 Å². The highest BCUT2D eigenvalue weighted by molar-refractivity contribution is 7.71. The summed E-state index contributed by atoms with van der Waals surface area (Å²) in [6.07, 6.45) is 1.69. The molecule has 1 N–H and O–H groups in total. The third-order valence-corrected chi connectivity index (χ3v) is 3.17. The summed E-state index contributed by atoms with van der Waals surface area (Å²) in [4.78, 5) is 0.240. The molecule has 0 saturated carbocycles. The molecular formula is C13H12N4O2S. The number of para-hydroxylation sites is 2. The van der Waals surface area contributed by atoms with E-state index in [0.717, 1.165) is 22.7 Å². The van der Waals surface area contributed by atoms with Gasteiger partial charge in [0.15, 0.2) is 0 Å². The third-order valence-electron chi connectivity index (χ3n) is 2.99. The van der Waals surface area contributed by atoms with Crippen LogP contribution < -0.4 is 4.74 Å². The van der Waals surface area contributed by atoms with Crippen LogP contribution in [0.2, 0.25) is 0 Å². The zero-order valence-electron chi connectivity index (χ0n) is 11.0. The van der Waals surface area contributed by atoms with Crippen LogP contribution in [-0.4, -0.2) is 27.1 Å². The number of ether oxygens (including phenoxy) is 1. The van der Waals surface area contributed by atoms with Gasteiger partial charge in [0, 0.05) is 0 Å². The zero-order valence-corrected chi connectivity index (χ0v) is 11.8. The second-order valence-electron chi connectivity index (χ2n) is 4.15. The van der Waals surface area contributed by atoms with E-state index in [1.54, 1.807) is 18.0 Å². The Bertz CT molecular complexity index is 803. The molecule has 3 rings (SSSR count). The molecule has 0 saturated heterocycles. The Balaban J connectivity index is 2.13. The molecule has 0 aliphatic carbocycles. The number of hydrogen-bond acceptors (Lipinski definition) is 5. The highest BCUT2D eigenvalue weighted by Gasteiger charge is 2.16. The molecule has 3 aromatic rings. The lowest BCUT2D eigenvalue weighted by atomic mass is 10.2. The largest absolute Gasteiger partial charge is 0.494 e. The van der Waals surface area contributed by atoms with Gasteiger partial charge in [-0.05, 0) is 31.3 Å². The van der Waals surface area contributed by atoms with Crippen LogP contribution in [0.4, 0.5) is 0 Å². The summed E-state index contributed by atoms with van der Waals surface area (Å²) >= 11 is 4.88. The van der Waals surface area contributed by atoms with Crippen molar-refractivity contribution in [3.63, 3.8) is 0 Å². The lowest BCUT2D eigenvalue weighted by Gasteiger charge is -2.09. The molecule has 20 heavy (non-hydrogen) atoms. The van der Waals surface area contributed by atoms with Gasteiger partial charge in [-0.25, -0.2) is 9.78 Å². The molecule has 0 atom stereocenters. The first kappa shape index (κ1) is 12.6. The van der Waals surface area contributed by atoms with Crippen LogP contribution >= 0.6 is 12.2 Å². The average molecular weight is 288 g/mol. The molecule has 0 radical (unpaired) electrons. The normalized spacial score (nSPS) is 10.7. The van der Waals surface area contributed by atoms with Crippen LogP contribution in [0, 0.1) is 11.8 Å². The highest BCUT2D eigenvalue weighted by atomic mass is 32.1. The van der Waals surface area contributed by atoms with E-state index in [9.17, 15) is 0 Å². The fraction of sp³-hybridized carbons (Fsp3) is 0.154. The Morgan fingerprint density at radius 3 is 2.85 bits per heavy atom. The van der Waals surface area contributed by atoms with E-state index in [1.807, 2.05) is 31.2 Å². The van der Waals surface area contributed by atoms with Gasteiger partial charge in [-0.15, -0.1) is 5.10 Å². The minimum Gasteiger partial charge on any atom is -0.494 e. The van der Waals surface area contributed by atoms with Crippen molar-refractivity contribution in [1.82, 2.24) is 20.0 Å². The topological polar surface area (TPSA) is 68.9 Å². The van der Waals surface area contributed by atoms with Crippen molar-refractivity contribution in [3.8, 4) is 22.9 Å². The summed E-state index contributed by atoms with van der Waals surface area (Å²) in [7, 11) is 1.63. The first-order valence-corrected chi connectivity index (χ1v) is 6.35. The molecule has 6 nitrogen and oxygen atoms in total. The number of rotatable bonds is 3. The first-order valence-electron chi connectivity index (χ1n) is 5.94. The van der Waals surface area contributed by atoms with Gasteiger partial charge in [0.05, 0.1) is 24.6 Å². The van der Waals surface area contributed by atoms with Crippen LogP contribution in [0.5, 0.6) is 5.75 Å². The van der Waals surface area contributed by atoms with Gasteiger partial charge in [-0.3, -0.25) is 0 Å². The maximum absolute atomic E-state index is 5.35. The van der Waals surface area contributed by atoms with E-state index in [0.29, 0.717) is 5.89 Å². The van der Waals surface area contributed by atoms with Crippen LogP contribution in [0.3, 0.4) is 0 Å². The van der Waals surface area contributed by atoms with Gasteiger partial charge < -0.3 is 9.15 Å². The molecule has 0 unspecified atom stereocenters. The summed E-state index contributed by atoms with van der Waals surface area (Å²) in [6, 6.07) is 7.66. The number of H-pyrrole nitrogens is 1. The monoisotopic (exact) mass is 288 g/mol. The molecule has 0 amide bonds. The van der Waals surface area contributed by atoms with E-state index < -0.39 is 0 Å². The van der Waals surface area contributed by atoms with Crippen LogP contribution in [0.15, 0.2) is 34.9 Å². The van der Waals surface area contributed by atoms with E-state index >= 15 is 0 Å². The summed E-state index contributed by atoms with van der Waals surface area (Å²) in [5, 5.41) is 11.0. The Morgan fingerprint density at radius 1 is 1.35 bits per heavy atom. The van der Waals surface area contributed by atoms with E-state index in [1.165, 1.54) is 0 Å². The highest BCUT2D eigenvalue weighted by Crippen LogP contribution is 2.27. The second-order valence-corrected chi connectivity index (χ2v) is 4.52. The lowest BCUT2D eigenvalue weighted by molar-refractivity contribution is 0.411. The molecule has 1 aromatic carbocycles. The number of benzene rings is 1. The summed E-state index contributed by atoms with van der Waals surface area (Å²) in [5.74, 6) is 1.17. The average Bonchev–Trinajstić information content (AvgIpc) is 3.05. The standard InChI is InChI=1S/C13H12N4O2S/c1-8-9(12-15-16-13(20)19-12)7-14-17(8)10-5-3-4-6-11(10)18-2/h3-7H,1-2H3,(H,16,20). The number of hydrogen-bond donors (Lipinski definition) is 1. The molecule has 2 aromatic heterocycles. The first-order chi connectivity index (χ1) is 9.70. The van der Waals surface area contributed by atoms with Crippen molar-refractivity contribution in [1.29, 1.82) is 0 Å². The Morgan fingerprint density at radius 2 is 2.15 bits per heavy atom. The van der Waals surface area contributed by atoms with E-state index in [2.05, 4.69) is 15.3 Å². The summed E-state index contributed by atoms with van der Waals surface area (Å²) < 4.78 is 12.4. The van der Waals surface area contributed by atoms with Crippen LogP contribution in [0.1, 0.15) is 5.69 Å². The molecule has 0 aliphatic heterocycles. The minimum atomic E-state index is 0.240. The number of aromatic nitrogens is 4. The smallest absolute Gasteiger partial charge is 0.284 e. The number of aromatic amines is 1. The number of nitrogens with one attached hydrogen (secondary N) is 1. The minimum absolute atomic E-state index is 0.240. The quantitative estimate of drug-likeness (QED) is 0.750. The molecule has 102 valence electrons. The van der Waals surface area contributed by atoms with Crippen molar-refractivity contribution >= 4 is 12.2 Å². The summed E-state index contributed by atoms with van der Waals surface area (Å²) in [5.41, 5.74) is 2.52. The van der Waals surface area contributed by atoms with Gasteiger partial charge in [0.25, 0.3) is 4.84 Å². The SMILES string of the molecule is COc1ccccc1-n1ncc(-c2n[nH]c(=S)o2)c1C. The van der Waals surface area contributed by atoms with Crippen LogP contribution in [-0.2, 0) is 0 Å². The van der Waals surface area contributed by atoms with Crippen molar-refractivity contribution in [2.75, 3.05) is 7.11 Å². The fourth-order valence-electron chi connectivity index (χ4n) is 2.01. The molecule has 0 spiro atoms. The van der Waals surface area contributed by atoms with Gasteiger partial charge in [0.1, 0.15) is 11.4 Å². The molecule has 2 heterocycles. The summed E-state index contributed by atoms with van der Waals surface area (Å²) in [6.45, 7) is 1.93. The molecule has 0 aliphatic rings. The van der Waals surface area contributed by atoms with Gasteiger partial charge in [-0.1, -0.05) is 12.1 Å². The third kappa shape index (κ3) is 2.01. The zero-order chi connectivity index (χ0) is 14.1. The Labute approximate surface area is 120 Å². The molecular weight excluding hydrogens is 276 g/mol. The van der Waals surface area contributed by atoms with E-state index in [-0.39, 0.29) is 4.84 Å². The van der Waals surface area contributed by atoms with Crippen molar-refractivity contribution in [3.05, 3.63) is 41.0 Å². The fourth-order valence-corrected chi connectivity index (χ4v) is 2.14. The molecule has 0 fully saturated rings. The van der Waals surface area contributed by atoms with Crippen molar-refractivity contribution in [2.24, 2.45) is 0 Å². The number of nitrogens with zero attached hydrogens (tertiary/aromatic N) is 3. The Kier molecular flexibility index (Phi) is 3.11. The second kappa shape index (κ2) is 4.93. The maximum Gasteiger partial charge on any atom is 0.284 e. The maximum atomic E-state index is 5.35. The predicted molar refractivity (Wildman–Crippen MR) is 75.5 cm³/mol. The predicted octanol–water partition coefficient (Wildman–Crippen LogP) is 2.90. The number of methoxy groups -OCH3 is 1. The molecule has 0 bridgehead atoms. The van der Waals surface area contributed by atoms with Crippen LogP contribution in [0.25, 0.3) is 17.1 Å².